The second-order valence-corrected chi connectivity index (χ2v) is 6.45. The summed E-state index contributed by atoms with van der Waals surface area (Å²) < 4.78 is 0. The van der Waals surface area contributed by atoms with Gasteiger partial charge in [0.1, 0.15) is 5.66 Å². The first-order valence-corrected chi connectivity index (χ1v) is 8.02. The third-order valence-electron chi connectivity index (χ3n) is 3.18. The van der Waals surface area contributed by atoms with Crippen LogP contribution in [0.2, 0.25) is 0 Å². The molecule has 0 atom stereocenters. The molecule has 0 saturated carbocycles. The highest BCUT2D eigenvalue weighted by Crippen LogP contribution is 2.28. The van der Waals surface area contributed by atoms with Crippen molar-refractivity contribution in [3.63, 3.8) is 0 Å². The van der Waals surface area contributed by atoms with Crippen molar-refractivity contribution in [1.29, 1.82) is 0 Å². The summed E-state index contributed by atoms with van der Waals surface area (Å²) in [5, 5.41) is 3.09. The van der Waals surface area contributed by atoms with Crippen LogP contribution in [0.25, 0.3) is 0 Å². The first kappa shape index (κ1) is 14.2. The van der Waals surface area contributed by atoms with Gasteiger partial charge in [0, 0.05) is 5.75 Å². The van der Waals surface area contributed by atoms with E-state index in [1.165, 1.54) is 5.56 Å². The smallest absolute Gasteiger partial charge is 0.180 e. The van der Waals surface area contributed by atoms with Crippen LogP contribution in [-0.4, -0.2) is 10.8 Å². The van der Waals surface area contributed by atoms with Crippen LogP contribution in [0.1, 0.15) is 19.4 Å². The van der Waals surface area contributed by atoms with E-state index in [0.717, 1.165) is 16.6 Å². The SMILES string of the molecule is CC1(C)N=C(SCc2ccccc2)N(c2ccccc2)N1. The predicted molar refractivity (Wildman–Crippen MR) is 91.3 cm³/mol. The van der Waals surface area contributed by atoms with Crippen LogP contribution >= 0.6 is 11.8 Å². The molecule has 4 heteroatoms. The zero-order chi connectivity index (χ0) is 14.7. The Morgan fingerprint density at radius 3 is 2.29 bits per heavy atom. The minimum Gasteiger partial charge on any atom is -0.252 e. The van der Waals surface area contributed by atoms with Gasteiger partial charge in [-0.1, -0.05) is 60.3 Å². The summed E-state index contributed by atoms with van der Waals surface area (Å²) >= 11 is 1.76. The number of para-hydroxylation sites is 1. The van der Waals surface area contributed by atoms with Crippen LogP contribution in [-0.2, 0) is 5.75 Å². The molecule has 0 unspecified atom stereocenters. The van der Waals surface area contributed by atoms with Gasteiger partial charge in [0.15, 0.2) is 5.17 Å². The lowest BCUT2D eigenvalue weighted by atomic mass is 10.2. The Kier molecular flexibility index (Phi) is 3.99. The molecule has 1 heterocycles. The lowest BCUT2D eigenvalue weighted by Crippen LogP contribution is -2.44. The third kappa shape index (κ3) is 3.46. The largest absolute Gasteiger partial charge is 0.252 e. The molecule has 0 bridgehead atoms. The molecule has 0 amide bonds. The van der Waals surface area contributed by atoms with Crippen molar-refractivity contribution < 1.29 is 0 Å². The Labute approximate surface area is 130 Å². The maximum atomic E-state index is 4.79. The van der Waals surface area contributed by atoms with Crippen LogP contribution in [0.3, 0.4) is 0 Å². The Bertz CT molecular complexity index is 623. The van der Waals surface area contributed by atoms with Crippen LogP contribution in [0.15, 0.2) is 65.7 Å². The van der Waals surface area contributed by atoms with Gasteiger partial charge in [0.25, 0.3) is 0 Å². The molecule has 2 aromatic rings. The number of benzene rings is 2. The van der Waals surface area contributed by atoms with E-state index < -0.39 is 0 Å². The molecule has 0 aromatic heterocycles. The quantitative estimate of drug-likeness (QED) is 0.926. The highest BCUT2D eigenvalue weighted by atomic mass is 32.2. The van der Waals surface area contributed by atoms with Gasteiger partial charge >= 0.3 is 0 Å². The van der Waals surface area contributed by atoms with E-state index in [4.69, 9.17) is 4.99 Å². The highest BCUT2D eigenvalue weighted by Gasteiger charge is 2.31. The van der Waals surface area contributed by atoms with Crippen molar-refractivity contribution >= 4 is 22.6 Å². The van der Waals surface area contributed by atoms with Crippen LogP contribution < -0.4 is 10.4 Å². The minimum atomic E-state index is -0.269. The van der Waals surface area contributed by atoms with Gasteiger partial charge in [-0.25, -0.2) is 10.4 Å². The van der Waals surface area contributed by atoms with Gasteiger partial charge < -0.3 is 0 Å². The summed E-state index contributed by atoms with van der Waals surface area (Å²) in [6.45, 7) is 4.16. The molecule has 0 radical (unpaired) electrons. The van der Waals surface area contributed by atoms with Crippen molar-refractivity contribution in [1.82, 2.24) is 5.43 Å². The van der Waals surface area contributed by atoms with E-state index >= 15 is 0 Å². The molecule has 1 aliphatic rings. The number of hydrogen-bond acceptors (Lipinski definition) is 4. The number of nitrogens with zero attached hydrogens (tertiary/aromatic N) is 2. The number of hydrazine groups is 1. The van der Waals surface area contributed by atoms with Gasteiger partial charge in [-0.15, -0.1) is 0 Å². The highest BCUT2D eigenvalue weighted by molar-refractivity contribution is 8.13. The Morgan fingerprint density at radius 1 is 1.00 bits per heavy atom. The molecular formula is C17H19N3S. The summed E-state index contributed by atoms with van der Waals surface area (Å²) in [7, 11) is 0. The monoisotopic (exact) mass is 297 g/mol. The van der Waals surface area contributed by atoms with Gasteiger partial charge in [-0.2, -0.15) is 0 Å². The van der Waals surface area contributed by atoms with Crippen molar-refractivity contribution in [2.75, 3.05) is 5.01 Å². The molecule has 3 rings (SSSR count). The molecule has 0 saturated heterocycles. The van der Waals surface area contributed by atoms with E-state index in [2.05, 4.69) is 60.7 Å². The fourth-order valence-electron chi connectivity index (χ4n) is 2.21. The molecule has 0 spiro atoms. The molecule has 2 aromatic carbocycles. The first-order valence-electron chi connectivity index (χ1n) is 7.04. The van der Waals surface area contributed by atoms with Gasteiger partial charge in [-0.05, 0) is 31.5 Å². The predicted octanol–water partition coefficient (Wildman–Crippen LogP) is 4.04. The number of nitrogens with one attached hydrogen (secondary N) is 1. The van der Waals surface area contributed by atoms with Crippen molar-refractivity contribution in [3.8, 4) is 0 Å². The van der Waals surface area contributed by atoms with Crippen molar-refractivity contribution in [2.24, 2.45) is 4.99 Å². The third-order valence-corrected chi connectivity index (χ3v) is 4.19. The topological polar surface area (TPSA) is 27.6 Å². The van der Waals surface area contributed by atoms with Crippen molar-refractivity contribution in [2.45, 2.75) is 25.3 Å². The molecule has 1 aliphatic heterocycles. The van der Waals surface area contributed by atoms with Gasteiger partial charge in [0.2, 0.25) is 0 Å². The molecule has 1 N–H and O–H groups in total. The molecule has 108 valence electrons. The normalized spacial score (nSPS) is 16.9. The van der Waals surface area contributed by atoms with E-state index in [9.17, 15) is 0 Å². The maximum Gasteiger partial charge on any atom is 0.180 e. The lowest BCUT2D eigenvalue weighted by molar-refractivity contribution is 0.448. The summed E-state index contributed by atoms with van der Waals surface area (Å²) in [4.78, 5) is 4.79. The zero-order valence-electron chi connectivity index (χ0n) is 12.3. The Hall–Kier alpha value is -1.78. The number of thioether (sulfide) groups is 1. The maximum absolute atomic E-state index is 4.79. The summed E-state index contributed by atoms with van der Waals surface area (Å²) in [6.07, 6.45) is 0. The fraction of sp³-hybridized carbons (Fsp3) is 0.235. The Morgan fingerprint density at radius 2 is 1.62 bits per heavy atom. The number of aliphatic imine (C=N–C) groups is 1. The van der Waals surface area contributed by atoms with E-state index in [-0.39, 0.29) is 5.66 Å². The van der Waals surface area contributed by atoms with E-state index in [1.54, 1.807) is 11.8 Å². The van der Waals surface area contributed by atoms with Gasteiger partial charge in [0.05, 0.1) is 5.69 Å². The zero-order valence-corrected chi connectivity index (χ0v) is 13.1. The number of amidine groups is 1. The van der Waals surface area contributed by atoms with Gasteiger partial charge in [-0.3, -0.25) is 5.01 Å². The summed E-state index contributed by atoms with van der Waals surface area (Å²) in [5.41, 5.74) is 5.59. The van der Waals surface area contributed by atoms with Crippen LogP contribution in [0, 0.1) is 0 Å². The van der Waals surface area contributed by atoms with Crippen LogP contribution in [0.5, 0.6) is 0 Å². The second-order valence-electron chi connectivity index (χ2n) is 5.51. The standard InChI is InChI=1S/C17H19N3S/c1-17(2)18-16(21-13-14-9-5-3-6-10-14)20(19-17)15-11-7-4-8-12-15/h3-12,19H,13H2,1-2H3. The lowest BCUT2D eigenvalue weighted by Gasteiger charge is -2.23. The minimum absolute atomic E-state index is 0.269. The average molecular weight is 297 g/mol. The molecule has 0 aliphatic carbocycles. The Balaban J connectivity index is 1.77. The van der Waals surface area contributed by atoms with Crippen LogP contribution in [0.4, 0.5) is 5.69 Å². The number of hydrogen-bond donors (Lipinski definition) is 1. The van der Waals surface area contributed by atoms with Crippen molar-refractivity contribution in [3.05, 3.63) is 66.2 Å². The summed E-state index contributed by atoms with van der Waals surface area (Å²) in [6, 6.07) is 20.8. The molecular weight excluding hydrogens is 278 g/mol. The number of anilines is 1. The molecule has 21 heavy (non-hydrogen) atoms. The second kappa shape index (κ2) is 5.92. The average Bonchev–Trinajstić information content (AvgIpc) is 2.82. The number of rotatable bonds is 3. The van der Waals surface area contributed by atoms with E-state index in [1.807, 2.05) is 24.3 Å². The fourth-order valence-corrected chi connectivity index (χ4v) is 3.27. The molecule has 0 fully saturated rings. The summed E-state index contributed by atoms with van der Waals surface area (Å²) in [5.74, 6) is 0.917. The van der Waals surface area contributed by atoms with E-state index in [0.29, 0.717) is 0 Å². The first-order chi connectivity index (χ1) is 10.1. The molecule has 3 nitrogen and oxygen atoms in total.